The van der Waals surface area contributed by atoms with Gasteiger partial charge in [0.2, 0.25) is 0 Å². The third-order valence-corrected chi connectivity index (χ3v) is 6.68. The van der Waals surface area contributed by atoms with Crippen molar-refractivity contribution in [2.45, 2.75) is 53.1 Å². The summed E-state index contributed by atoms with van der Waals surface area (Å²) in [4.78, 5) is 20.0. The Balaban J connectivity index is 1.96. The van der Waals surface area contributed by atoms with Crippen molar-refractivity contribution in [2.24, 2.45) is 16.0 Å². The van der Waals surface area contributed by atoms with E-state index < -0.39 is 5.60 Å². The zero-order valence-electron chi connectivity index (χ0n) is 21.9. The fourth-order valence-corrected chi connectivity index (χ4v) is 4.83. The molecule has 5 heteroatoms. The Morgan fingerprint density at radius 1 is 0.829 bits per heavy atom. The largest absolute Gasteiger partial charge is 0.493 e. The average molecular weight is 474 g/mol. The first-order valence-electron chi connectivity index (χ1n) is 12.0. The number of ketones is 1. The predicted octanol–water partition coefficient (Wildman–Crippen LogP) is 6.49. The van der Waals surface area contributed by atoms with Crippen LogP contribution in [0, 0.1) is 10.8 Å². The summed E-state index contributed by atoms with van der Waals surface area (Å²) in [6, 6.07) is 16.0. The van der Waals surface area contributed by atoms with Gasteiger partial charge in [-0.25, -0.2) is 0 Å². The highest BCUT2D eigenvalue weighted by Gasteiger charge is 2.52. The lowest BCUT2D eigenvalue weighted by Gasteiger charge is -2.38. The van der Waals surface area contributed by atoms with Gasteiger partial charge in [0.05, 0.1) is 25.8 Å². The van der Waals surface area contributed by atoms with Crippen molar-refractivity contribution in [3.63, 3.8) is 0 Å². The van der Waals surface area contributed by atoms with E-state index in [4.69, 9.17) is 14.3 Å². The minimum absolute atomic E-state index is 0.0746. The third-order valence-electron chi connectivity index (χ3n) is 6.68. The average Bonchev–Trinajstić information content (AvgIpc) is 3.17. The number of hydrogen-bond acceptors (Lipinski definition) is 5. The van der Waals surface area contributed by atoms with Crippen LogP contribution in [-0.4, -0.2) is 31.3 Å². The predicted molar refractivity (Wildman–Crippen MR) is 139 cm³/mol. The first-order valence-corrected chi connectivity index (χ1v) is 12.0. The van der Waals surface area contributed by atoms with Crippen LogP contribution in [0.25, 0.3) is 0 Å². The molecule has 0 bridgehead atoms. The molecule has 0 radical (unpaired) electrons. The molecular formula is C30H35NO4. The van der Waals surface area contributed by atoms with Crippen molar-refractivity contribution >= 4 is 11.5 Å². The van der Waals surface area contributed by atoms with Crippen LogP contribution in [-0.2, 0) is 9.63 Å². The van der Waals surface area contributed by atoms with Crippen LogP contribution < -0.4 is 9.47 Å². The lowest BCUT2D eigenvalue weighted by molar-refractivity contribution is -0.114. The zero-order chi connectivity index (χ0) is 25.6. The minimum atomic E-state index is -0.928. The SMILES string of the molecule is COc1ccc(C2=NOC3(C=C(C(C)(C)C)C(=O)C(C(C)(C)C)=C3)C2c2ccccc2)cc1OC. The molecule has 1 aliphatic carbocycles. The first-order chi connectivity index (χ1) is 16.4. The van der Waals surface area contributed by atoms with Crippen molar-refractivity contribution in [3.8, 4) is 11.5 Å². The smallest absolute Gasteiger partial charge is 0.187 e. The van der Waals surface area contributed by atoms with Crippen molar-refractivity contribution in [3.05, 3.63) is 83.0 Å². The number of rotatable bonds is 4. The molecule has 2 aromatic carbocycles. The molecule has 184 valence electrons. The van der Waals surface area contributed by atoms with Crippen LogP contribution in [0.2, 0.25) is 0 Å². The summed E-state index contributed by atoms with van der Waals surface area (Å²) in [5.41, 5.74) is 2.56. The van der Waals surface area contributed by atoms with Crippen LogP contribution in [0.3, 0.4) is 0 Å². The third kappa shape index (κ3) is 4.40. The molecule has 1 atom stereocenters. The van der Waals surface area contributed by atoms with E-state index in [0.29, 0.717) is 11.5 Å². The maximum absolute atomic E-state index is 13.6. The van der Waals surface area contributed by atoms with Crippen LogP contribution in [0.5, 0.6) is 11.5 Å². The van der Waals surface area contributed by atoms with Gasteiger partial charge in [-0.3, -0.25) is 4.79 Å². The van der Waals surface area contributed by atoms with Gasteiger partial charge in [0, 0.05) is 16.7 Å². The number of carbonyl (C=O) groups is 1. The molecule has 1 heterocycles. The summed E-state index contributed by atoms with van der Waals surface area (Å²) in [7, 11) is 3.24. The van der Waals surface area contributed by atoms with E-state index in [-0.39, 0.29) is 22.5 Å². The minimum Gasteiger partial charge on any atom is -0.493 e. The fourth-order valence-electron chi connectivity index (χ4n) is 4.83. The molecule has 0 saturated carbocycles. The van der Waals surface area contributed by atoms with Crippen molar-refractivity contribution in [2.75, 3.05) is 14.2 Å². The van der Waals surface area contributed by atoms with Crippen LogP contribution in [0.1, 0.15) is 58.6 Å². The molecular weight excluding hydrogens is 438 g/mol. The van der Waals surface area contributed by atoms with E-state index in [1.165, 1.54) is 0 Å². The molecule has 0 fully saturated rings. The number of hydrogen-bond donors (Lipinski definition) is 0. The van der Waals surface area contributed by atoms with Gasteiger partial charge >= 0.3 is 0 Å². The number of carbonyl (C=O) groups excluding carboxylic acids is 1. The van der Waals surface area contributed by atoms with Gasteiger partial charge < -0.3 is 14.3 Å². The van der Waals surface area contributed by atoms with Crippen LogP contribution in [0.4, 0.5) is 0 Å². The van der Waals surface area contributed by atoms with Crippen molar-refractivity contribution in [1.29, 1.82) is 0 Å². The highest BCUT2D eigenvalue weighted by molar-refractivity contribution is 6.13. The fraction of sp³-hybridized carbons (Fsp3) is 0.400. The first kappa shape index (κ1) is 24.8. The van der Waals surface area contributed by atoms with Gasteiger partial charge in [-0.1, -0.05) is 77.0 Å². The summed E-state index contributed by atoms with van der Waals surface area (Å²) in [5, 5.41) is 4.65. The van der Waals surface area contributed by atoms with Crippen LogP contribution >= 0.6 is 0 Å². The lowest BCUT2D eigenvalue weighted by atomic mass is 9.65. The Bertz CT molecular complexity index is 1190. The van der Waals surface area contributed by atoms with Gasteiger partial charge in [-0.05, 0) is 46.7 Å². The van der Waals surface area contributed by atoms with Crippen molar-refractivity contribution < 1.29 is 19.1 Å². The normalized spacial score (nSPS) is 19.6. The molecule has 1 spiro atoms. The number of oxime groups is 1. The lowest BCUT2D eigenvalue weighted by Crippen LogP contribution is -2.41. The van der Waals surface area contributed by atoms with E-state index in [1.807, 2.05) is 48.6 Å². The van der Waals surface area contributed by atoms with E-state index in [2.05, 4.69) is 58.8 Å². The summed E-state index contributed by atoms with van der Waals surface area (Å²) in [6.07, 6.45) is 4.00. The molecule has 1 unspecified atom stereocenters. The number of nitrogens with zero attached hydrogens (tertiary/aromatic N) is 1. The molecule has 0 saturated heterocycles. The van der Waals surface area contributed by atoms with Gasteiger partial charge in [0.15, 0.2) is 22.9 Å². The van der Waals surface area contributed by atoms with Gasteiger partial charge in [0.1, 0.15) is 0 Å². The Kier molecular flexibility index (Phi) is 6.16. The molecule has 4 rings (SSSR count). The van der Waals surface area contributed by atoms with Crippen molar-refractivity contribution in [1.82, 2.24) is 0 Å². The summed E-state index contributed by atoms with van der Waals surface area (Å²) < 4.78 is 11.0. The number of Topliss-reactive ketones (excluding diaryl/α,β-unsaturated/α-hetero) is 1. The summed E-state index contributed by atoms with van der Waals surface area (Å²) in [5.74, 6) is 1.08. The maximum Gasteiger partial charge on any atom is 0.187 e. The topological polar surface area (TPSA) is 57.1 Å². The number of ether oxygens (including phenoxy) is 2. The maximum atomic E-state index is 13.6. The number of allylic oxidation sites excluding steroid dienone is 2. The van der Waals surface area contributed by atoms with E-state index in [1.54, 1.807) is 14.2 Å². The highest BCUT2D eigenvalue weighted by atomic mass is 16.7. The molecule has 5 nitrogen and oxygen atoms in total. The molecule has 1 aliphatic heterocycles. The molecule has 2 aromatic rings. The Labute approximate surface area is 208 Å². The molecule has 0 N–H and O–H groups in total. The van der Waals surface area contributed by atoms with Gasteiger partial charge in [-0.15, -0.1) is 0 Å². The number of methoxy groups -OCH3 is 2. The summed E-state index contributed by atoms with van der Waals surface area (Å²) in [6.45, 7) is 12.4. The monoisotopic (exact) mass is 473 g/mol. The molecule has 2 aliphatic rings. The van der Waals surface area contributed by atoms with E-state index in [9.17, 15) is 4.79 Å². The molecule has 0 amide bonds. The zero-order valence-corrected chi connectivity index (χ0v) is 21.9. The van der Waals surface area contributed by atoms with Gasteiger partial charge in [-0.2, -0.15) is 0 Å². The Hall–Kier alpha value is -3.34. The van der Waals surface area contributed by atoms with Crippen LogP contribution in [0.15, 0.2) is 77.0 Å². The molecule has 0 aromatic heterocycles. The molecule has 35 heavy (non-hydrogen) atoms. The van der Waals surface area contributed by atoms with E-state index in [0.717, 1.165) is 28.0 Å². The second kappa shape index (κ2) is 8.71. The highest BCUT2D eigenvalue weighted by Crippen LogP contribution is 2.50. The Morgan fingerprint density at radius 3 is 1.91 bits per heavy atom. The quantitative estimate of drug-likeness (QED) is 0.509. The summed E-state index contributed by atoms with van der Waals surface area (Å²) >= 11 is 0. The Morgan fingerprint density at radius 2 is 1.40 bits per heavy atom. The second-order valence-corrected chi connectivity index (χ2v) is 11.3. The standard InChI is InChI=1S/C30H35NO4/c1-28(2,3)21-17-30(18-22(27(21)32)29(4,5)6)25(19-12-10-9-11-13-19)26(31-35-30)20-14-15-23(33-7)24(16-20)34-8/h9-18,25H,1-8H3. The number of benzene rings is 2. The second-order valence-electron chi connectivity index (χ2n) is 11.3. The van der Waals surface area contributed by atoms with Gasteiger partial charge in [0.25, 0.3) is 0 Å². The van der Waals surface area contributed by atoms with E-state index >= 15 is 0 Å².